The van der Waals surface area contributed by atoms with Crippen molar-refractivity contribution in [2.45, 2.75) is 87.6 Å². The lowest BCUT2D eigenvalue weighted by Crippen LogP contribution is -2.53. The fourth-order valence-corrected chi connectivity index (χ4v) is 7.53. The van der Waals surface area contributed by atoms with Gasteiger partial charge in [0.15, 0.2) is 0 Å². The van der Waals surface area contributed by atoms with Gasteiger partial charge in [-0.1, -0.05) is 0 Å². The lowest BCUT2D eigenvalue weighted by atomic mass is 9.99. The highest BCUT2D eigenvalue weighted by Gasteiger charge is 2.52. The lowest BCUT2D eigenvalue weighted by molar-refractivity contribution is -0.127. The second kappa shape index (κ2) is 11.5. The Kier molecular flexibility index (Phi) is 7.97. The number of carbonyl (C=O) groups is 4. The van der Waals surface area contributed by atoms with E-state index in [1.807, 2.05) is 0 Å². The minimum Gasteiger partial charge on any atom is -0.351 e. The fourth-order valence-electron chi connectivity index (χ4n) is 6.74. The topological polar surface area (TPSA) is 182 Å². The van der Waals surface area contributed by atoms with E-state index in [1.165, 1.54) is 9.80 Å². The molecule has 0 aromatic rings. The van der Waals surface area contributed by atoms with Crippen LogP contribution in [0.25, 0.3) is 0 Å². The summed E-state index contributed by atoms with van der Waals surface area (Å²) in [6, 6.07) is -4.01. The molecule has 6 heterocycles. The number of nitrogens with one attached hydrogen (secondary N) is 4. The predicted molar refractivity (Wildman–Crippen MR) is 141 cm³/mol. The molecular weight excluding hydrogens is 560 g/mol. The first-order valence-corrected chi connectivity index (χ1v) is 15.9. The van der Waals surface area contributed by atoms with Gasteiger partial charge in [-0.25, -0.2) is 9.59 Å². The van der Waals surface area contributed by atoms with Gasteiger partial charge in [0.05, 0.1) is 12.1 Å². The van der Waals surface area contributed by atoms with Crippen molar-refractivity contribution >= 4 is 34.3 Å². The van der Waals surface area contributed by atoms with Crippen LogP contribution >= 0.6 is 0 Å². The van der Waals surface area contributed by atoms with Crippen LogP contribution in [0.15, 0.2) is 0 Å². The van der Waals surface area contributed by atoms with Crippen molar-refractivity contribution in [2.24, 2.45) is 0 Å². The molecule has 0 aromatic heterocycles. The molecule has 6 aliphatic rings. The second-order valence-electron chi connectivity index (χ2n) is 11.6. The summed E-state index contributed by atoms with van der Waals surface area (Å²) < 4.78 is 36.0. The summed E-state index contributed by atoms with van der Waals surface area (Å²) in [4.78, 5) is 54.8. The molecule has 228 valence electrons. The van der Waals surface area contributed by atoms with Crippen LogP contribution in [-0.2, 0) is 28.6 Å². The summed E-state index contributed by atoms with van der Waals surface area (Å²) >= 11 is 0. The van der Waals surface area contributed by atoms with Crippen LogP contribution in [0, 0.1) is 0 Å². The van der Waals surface area contributed by atoms with Crippen molar-refractivity contribution < 1.29 is 36.2 Å². The molecule has 16 nitrogen and oxygen atoms in total. The normalized spacial score (nSPS) is 31.1. The van der Waals surface area contributed by atoms with Gasteiger partial charge >= 0.3 is 22.5 Å². The Bertz CT molecular complexity index is 1080. The summed E-state index contributed by atoms with van der Waals surface area (Å²) in [5.41, 5.74) is 0. The smallest absolute Gasteiger partial charge is 0.351 e. The van der Waals surface area contributed by atoms with Gasteiger partial charge < -0.3 is 31.1 Å². The number of piperidine rings is 4. The zero-order chi connectivity index (χ0) is 28.7. The summed E-state index contributed by atoms with van der Waals surface area (Å²) in [6.45, 7) is 3.53. The van der Waals surface area contributed by atoms with E-state index in [0.717, 1.165) is 62.0 Å². The van der Waals surface area contributed by atoms with Crippen LogP contribution in [-0.4, -0.2) is 128 Å². The molecule has 0 radical (unpaired) electrons. The molecule has 17 heteroatoms. The van der Waals surface area contributed by atoms with Gasteiger partial charge in [-0.15, -0.1) is 8.57 Å². The molecule has 6 aliphatic heterocycles. The largest absolute Gasteiger partial charge is 0.442 e. The van der Waals surface area contributed by atoms with E-state index in [2.05, 4.69) is 21.3 Å². The first-order chi connectivity index (χ1) is 19.7. The van der Waals surface area contributed by atoms with Gasteiger partial charge in [-0.05, 0) is 77.5 Å². The monoisotopic (exact) mass is 598 g/mol. The number of hydroxylamine groups is 4. The number of hydrogen-bond acceptors (Lipinski definition) is 10. The molecule has 6 saturated heterocycles. The zero-order valence-electron chi connectivity index (χ0n) is 22.8. The first-order valence-electron chi connectivity index (χ1n) is 14.6. The Balaban J connectivity index is 1.05. The van der Waals surface area contributed by atoms with Crippen LogP contribution < -0.4 is 21.3 Å². The number of fused-ring (bicyclic) bond motifs is 4. The maximum atomic E-state index is 13.1. The Morgan fingerprint density at radius 1 is 0.659 bits per heavy atom. The van der Waals surface area contributed by atoms with Crippen molar-refractivity contribution in [3.8, 4) is 0 Å². The van der Waals surface area contributed by atoms with E-state index < -0.39 is 46.6 Å². The van der Waals surface area contributed by atoms with Crippen molar-refractivity contribution in [2.75, 3.05) is 39.3 Å². The Morgan fingerprint density at radius 2 is 1.05 bits per heavy atom. The Morgan fingerprint density at radius 3 is 1.44 bits per heavy atom. The molecule has 6 amide bonds. The highest BCUT2D eigenvalue weighted by molar-refractivity contribution is 7.81. The highest BCUT2D eigenvalue weighted by Crippen LogP contribution is 2.34. The van der Waals surface area contributed by atoms with E-state index in [9.17, 15) is 27.6 Å². The molecule has 4 atom stereocenters. The summed E-state index contributed by atoms with van der Waals surface area (Å²) in [7, 11) is -4.87. The van der Waals surface area contributed by atoms with Crippen molar-refractivity contribution in [1.29, 1.82) is 0 Å². The Hall–Kier alpha value is -2.73. The van der Waals surface area contributed by atoms with E-state index in [0.29, 0.717) is 25.7 Å². The number of rotatable bonds is 8. The first kappa shape index (κ1) is 28.4. The highest BCUT2D eigenvalue weighted by atomic mass is 32.3. The second-order valence-corrected chi connectivity index (χ2v) is 12.8. The molecule has 0 aliphatic carbocycles. The molecule has 6 rings (SSSR count). The van der Waals surface area contributed by atoms with Crippen LogP contribution in [0.5, 0.6) is 0 Å². The summed E-state index contributed by atoms with van der Waals surface area (Å²) in [6.07, 6.45) is 4.69. The third kappa shape index (κ3) is 5.82. The van der Waals surface area contributed by atoms with Gasteiger partial charge in [-0.3, -0.25) is 9.59 Å². The zero-order valence-corrected chi connectivity index (χ0v) is 23.6. The molecule has 4 unspecified atom stereocenters. The fraction of sp³-hybridized carbons (Fsp3) is 0.833. The molecule has 4 N–H and O–H groups in total. The molecule has 4 bridgehead atoms. The van der Waals surface area contributed by atoms with Gasteiger partial charge in [-0.2, -0.15) is 18.5 Å². The molecule has 0 aromatic carbocycles. The lowest BCUT2D eigenvalue weighted by Gasteiger charge is -2.32. The molecule has 0 saturated carbocycles. The average Bonchev–Trinajstić information content (AvgIpc) is 3.33. The van der Waals surface area contributed by atoms with E-state index in [4.69, 9.17) is 8.57 Å². The number of urea groups is 2. The maximum absolute atomic E-state index is 13.1. The number of nitrogens with zero attached hydrogens (tertiary/aromatic N) is 4. The molecular formula is C24H38N8O8S. The number of amides is 6. The average molecular weight is 599 g/mol. The number of carbonyl (C=O) groups excluding carboxylic acids is 4. The minimum absolute atomic E-state index is 0.0312. The maximum Gasteiger partial charge on any atom is 0.442 e. The minimum atomic E-state index is -4.87. The molecule has 0 spiro atoms. The number of hydrogen-bond donors (Lipinski definition) is 4. The molecule has 41 heavy (non-hydrogen) atoms. The Labute approximate surface area is 238 Å². The third-order valence-electron chi connectivity index (χ3n) is 8.97. The summed E-state index contributed by atoms with van der Waals surface area (Å²) in [5.74, 6) is -0.514. The van der Waals surface area contributed by atoms with Gasteiger partial charge in [0.1, 0.15) is 12.1 Å². The van der Waals surface area contributed by atoms with Gasteiger partial charge in [0.2, 0.25) is 11.8 Å². The third-order valence-corrected chi connectivity index (χ3v) is 9.65. The quantitative estimate of drug-likeness (QED) is 0.253. The summed E-state index contributed by atoms with van der Waals surface area (Å²) in [5, 5.41) is 14.0. The van der Waals surface area contributed by atoms with Crippen LogP contribution in [0.4, 0.5) is 9.59 Å². The SMILES string of the molecule is O=C(NC1CCNCC1)C1CCC2CN1C(=O)N2OS(=O)(=O)ON1C(=O)N2CC1CCC2C(=O)NC1CCNCC1. The van der Waals surface area contributed by atoms with Crippen molar-refractivity contribution in [1.82, 2.24) is 41.2 Å². The van der Waals surface area contributed by atoms with Crippen molar-refractivity contribution in [3.63, 3.8) is 0 Å². The van der Waals surface area contributed by atoms with Gasteiger partial charge in [0, 0.05) is 25.2 Å². The van der Waals surface area contributed by atoms with E-state index in [1.54, 1.807) is 0 Å². The van der Waals surface area contributed by atoms with Crippen LogP contribution in [0.1, 0.15) is 51.4 Å². The van der Waals surface area contributed by atoms with Crippen LogP contribution in [0.3, 0.4) is 0 Å². The standard InChI is InChI=1S/C24H38N8O8S/c33-21(27-15-5-9-25-10-6-15)19-3-1-17-13-29(19)23(35)31(17)39-41(37,38)40-32-18-2-4-20(30(14-18)24(32)36)22(34)28-16-7-11-26-12-8-16/h15-20,25-26H,1-14H2,(H,27,33)(H,28,34). The molecule has 6 fully saturated rings. The van der Waals surface area contributed by atoms with Crippen LogP contribution in [0.2, 0.25) is 0 Å². The van der Waals surface area contributed by atoms with E-state index >= 15 is 0 Å². The van der Waals surface area contributed by atoms with Crippen molar-refractivity contribution in [3.05, 3.63) is 0 Å². The van der Waals surface area contributed by atoms with Gasteiger partial charge in [0.25, 0.3) is 0 Å². The predicted octanol–water partition coefficient (Wildman–Crippen LogP) is -1.63. The van der Waals surface area contributed by atoms with E-state index in [-0.39, 0.29) is 37.0 Å².